The number of aryl methyl sites for hydroxylation is 1. The van der Waals surface area contributed by atoms with Crippen molar-refractivity contribution in [2.75, 3.05) is 34.5 Å². The van der Waals surface area contributed by atoms with Crippen molar-refractivity contribution in [1.29, 1.82) is 0 Å². The fourth-order valence-electron chi connectivity index (χ4n) is 5.74. The van der Waals surface area contributed by atoms with Crippen LogP contribution in [-0.2, 0) is 11.3 Å². The van der Waals surface area contributed by atoms with Gasteiger partial charge in [-0.1, -0.05) is 18.2 Å². The van der Waals surface area contributed by atoms with Crippen molar-refractivity contribution in [2.45, 2.75) is 25.9 Å². The zero-order valence-electron chi connectivity index (χ0n) is 23.4. The first-order valence-electron chi connectivity index (χ1n) is 13.5. The van der Waals surface area contributed by atoms with Crippen LogP contribution in [0.15, 0.2) is 54.6 Å². The Morgan fingerprint density at radius 2 is 1.78 bits per heavy atom. The molecule has 1 aromatic heterocycles. The molecule has 0 saturated carbocycles. The van der Waals surface area contributed by atoms with E-state index >= 15 is 0 Å². The molecule has 41 heavy (non-hydrogen) atoms. The van der Waals surface area contributed by atoms with Crippen molar-refractivity contribution in [3.05, 3.63) is 76.9 Å². The molecule has 2 aliphatic heterocycles. The summed E-state index contributed by atoms with van der Waals surface area (Å²) in [6.45, 7) is 3.09. The molecule has 210 valence electrons. The molecule has 6 rings (SSSR count). The number of methoxy groups -OCH3 is 3. The number of rotatable bonds is 6. The Morgan fingerprint density at radius 1 is 1.02 bits per heavy atom. The number of benzene rings is 3. The molecule has 4 aromatic rings. The summed E-state index contributed by atoms with van der Waals surface area (Å²) in [4.78, 5) is 32.6. The van der Waals surface area contributed by atoms with Gasteiger partial charge in [0.15, 0.2) is 11.5 Å². The summed E-state index contributed by atoms with van der Waals surface area (Å²) in [6.07, 6.45) is 0.169. The zero-order valence-corrected chi connectivity index (χ0v) is 23.4. The summed E-state index contributed by atoms with van der Waals surface area (Å²) in [7, 11) is 4.86. The average molecular weight is 554 g/mol. The molecule has 0 bridgehead atoms. The molecule has 3 heterocycles. The molecule has 0 aliphatic carbocycles. The van der Waals surface area contributed by atoms with Gasteiger partial charge in [0.05, 0.1) is 46.0 Å². The predicted octanol–water partition coefficient (Wildman–Crippen LogP) is 4.83. The molecular formula is C32H31N3O6. The van der Waals surface area contributed by atoms with E-state index in [0.29, 0.717) is 48.0 Å². The summed E-state index contributed by atoms with van der Waals surface area (Å²) in [5.41, 5.74) is 5.53. The van der Waals surface area contributed by atoms with Gasteiger partial charge in [-0.15, -0.1) is 0 Å². The molecule has 0 spiro atoms. The van der Waals surface area contributed by atoms with Gasteiger partial charge in [-0.05, 0) is 54.4 Å². The van der Waals surface area contributed by atoms with Crippen LogP contribution in [-0.4, -0.2) is 56.2 Å². The third kappa shape index (κ3) is 4.67. The Bertz CT molecular complexity index is 1680. The minimum absolute atomic E-state index is 0.0654. The maximum absolute atomic E-state index is 13.5. The maximum atomic E-state index is 13.5. The first-order chi connectivity index (χ1) is 19.9. The minimum Gasteiger partial charge on any atom is -0.496 e. The Morgan fingerprint density at radius 3 is 2.56 bits per heavy atom. The largest absolute Gasteiger partial charge is 0.496 e. The van der Waals surface area contributed by atoms with Gasteiger partial charge < -0.3 is 29.2 Å². The van der Waals surface area contributed by atoms with Crippen LogP contribution in [0.2, 0.25) is 0 Å². The van der Waals surface area contributed by atoms with E-state index in [-0.39, 0.29) is 24.3 Å². The molecule has 1 N–H and O–H groups in total. The van der Waals surface area contributed by atoms with E-state index in [1.165, 1.54) is 0 Å². The fourth-order valence-corrected chi connectivity index (χ4v) is 5.74. The molecule has 1 unspecified atom stereocenters. The lowest BCUT2D eigenvalue weighted by Gasteiger charge is -2.22. The van der Waals surface area contributed by atoms with E-state index in [9.17, 15) is 9.59 Å². The topological polar surface area (TPSA) is 99.2 Å². The van der Waals surface area contributed by atoms with Crippen molar-refractivity contribution in [2.24, 2.45) is 0 Å². The lowest BCUT2D eigenvalue weighted by molar-refractivity contribution is -0.132. The van der Waals surface area contributed by atoms with Crippen molar-refractivity contribution in [3.8, 4) is 34.3 Å². The molecule has 0 radical (unpaired) electrons. The third-order valence-corrected chi connectivity index (χ3v) is 7.76. The van der Waals surface area contributed by atoms with Gasteiger partial charge >= 0.3 is 0 Å². The van der Waals surface area contributed by atoms with Gasteiger partial charge in [0.2, 0.25) is 5.91 Å². The van der Waals surface area contributed by atoms with Gasteiger partial charge in [0.25, 0.3) is 5.91 Å². The second-order valence-corrected chi connectivity index (χ2v) is 10.2. The highest BCUT2D eigenvalue weighted by molar-refractivity contribution is 6.00. The van der Waals surface area contributed by atoms with Gasteiger partial charge in [-0.25, -0.2) is 4.98 Å². The molecule has 3 aromatic carbocycles. The number of nitrogens with zero attached hydrogens (tertiary/aromatic N) is 2. The van der Waals surface area contributed by atoms with Crippen LogP contribution in [0.25, 0.3) is 22.2 Å². The first kappa shape index (κ1) is 26.4. The quantitative estimate of drug-likeness (QED) is 0.365. The molecule has 2 amide bonds. The Balaban J connectivity index is 1.34. The fraction of sp³-hybridized carbons (Fsp3) is 0.281. The van der Waals surface area contributed by atoms with Crippen LogP contribution < -0.4 is 24.3 Å². The van der Waals surface area contributed by atoms with Crippen LogP contribution >= 0.6 is 0 Å². The van der Waals surface area contributed by atoms with Crippen molar-refractivity contribution < 1.29 is 28.5 Å². The van der Waals surface area contributed by atoms with E-state index in [0.717, 1.165) is 39.1 Å². The van der Waals surface area contributed by atoms with Gasteiger partial charge in [0, 0.05) is 28.6 Å². The molecule has 9 heteroatoms. The molecule has 0 saturated heterocycles. The smallest absolute Gasteiger partial charge is 0.252 e. The molecule has 9 nitrogen and oxygen atoms in total. The van der Waals surface area contributed by atoms with E-state index in [4.69, 9.17) is 23.9 Å². The van der Waals surface area contributed by atoms with Gasteiger partial charge in [-0.2, -0.15) is 0 Å². The van der Waals surface area contributed by atoms with E-state index < -0.39 is 0 Å². The number of pyridine rings is 1. The number of carbonyl (C=O) groups is 2. The highest BCUT2D eigenvalue weighted by Crippen LogP contribution is 2.41. The number of nitrogens with one attached hydrogen (secondary N) is 1. The number of hydrogen-bond donors (Lipinski definition) is 1. The third-order valence-electron chi connectivity index (χ3n) is 7.76. The van der Waals surface area contributed by atoms with Crippen LogP contribution in [0.3, 0.4) is 0 Å². The summed E-state index contributed by atoms with van der Waals surface area (Å²) in [6, 6.07) is 16.7. The molecule has 0 fully saturated rings. The standard InChI is InChI=1S/C32H31N3O6/c1-18-13-23(33-30-26(39-3)10-9-25(38-2)29(18)30)19-14-20-17-35(11-12-41-31(20)27(15-19)40-4)28(36)16-24-21-7-5-6-8-22(21)32(37)34-24/h5-10,13-15,24H,11-12,16-17H2,1-4H3,(H,34,37). The molecule has 1 atom stereocenters. The average Bonchev–Trinajstić information content (AvgIpc) is 3.15. The van der Waals surface area contributed by atoms with Gasteiger partial charge in [-0.3, -0.25) is 9.59 Å². The SMILES string of the molecule is COc1cc(-c2cc(C)c3c(OC)ccc(OC)c3n2)cc2c1OCCN(C(=O)CC1NC(=O)c3ccccc31)C2. The molecule has 2 aliphatic rings. The van der Waals surface area contributed by atoms with Crippen molar-refractivity contribution in [3.63, 3.8) is 0 Å². The summed E-state index contributed by atoms with van der Waals surface area (Å²) < 4.78 is 23.0. The number of ether oxygens (including phenoxy) is 4. The normalized spacial score (nSPS) is 15.9. The predicted molar refractivity (Wildman–Crippen MR) is 154 cm³/mol. The number of hydrogen-bond acceptors (Lipinski definition) is 7. The first-order valence-corrected chi connectivity index (χ1v) is 13.5. The second-order valence-electron chi connectivity index (χ2n) is 10.2. The van der Waals surface area contributed by atoms with E-state index in [1.807, 2.05) is 55.5 Å². The van der Waals surface area contributed by atoms with E-state index in [1.54, 1.807) is 32.3 Å². The summed E-state index contributed by atoms with van der Waals surface area (Å²) in [5, 5.41) is 3.83. The Hall–Kier alpha value is -4.79. The van der Waals surface area contributed by atoms with Crippen LogP contribution in [0.4, 0.5) is 0 Å². The second kappa shape index (κ2) is 10.6. The van der Waals surface area contributed by atoms with E-state index in [2.05, 4.69) is 5.32 Å². The summed E-state index contributed by atoms with van der Waals surface area (Å²) in [5.74, 6) is 2.34. The number of amides is 2. The lowest BCUT2D eigenvalue weighted by atomic mass is 10.0. The van der Waals surface area contributed by atoms with Crippen LogP contribution in [0.1, 0.15) is 39.5 Å². The number of aromatic nitrogens is 1. The highest BCUT2D eigenvalue weighted by Gasteiger charge is 2.32. The van der Waals surface area contributed by atoms with Crippen molar-refractivity contribution in [1.82, 2.24) is 15.2 Å². The monoisotopic (exact) mass is 553 g/mol. The number of carbonyl (C=O) groups excluding carboxylic acids is 2. The minimum atomic E-state index is -0.354. The molecular weight excluding hydrogens is 522 g/mol. The Kier molecular flexibility index (Phi) is 6.86. The van der Waals surface area contributed by atoms with Gasteiger partial charge in [0.1, 0.15) is 23.6 Å². The lowest BCUT2D eigenvalue weighted by Crippen LogP contribution is -2.35. The van der Waals surface area contributed by atoms with Crippen LogP contribution in [0, 0.1) is 6.92 Å². The van der Waals surface area contributed by atoms with Crippen LogP contribution in [0.5, 0.6) is 23.0 Å². The number of fused-ring (bicyclic) bond motifs is 3. The Labute approximate surface area is 238 Å². The summed E-state index contributed by atoms with van der Waals surface area (Å²) >= 11 is 0. The van der Waals surface area contributed by atoms with Crippen molar-refractivity contribution >= 4 is 22.7 Å². The zero-order chi connectivity index (χ0) is 28.7. The maximum Gasteiger partial charge on any atom is 0.252 e. The highest BCUT2D eigenvalue weighted by atomic mass is 16.5.